The minimum absolute atomic E-state index is 0.298. The lowest BCUT2D eigenvalue weighted by Gasteiger charge is -2.16. The van der Waals surface area contributed by atoms with E-state index in [1.54, 1.807) is 4.31 Å². The summed E-state index contributed by atoms with van der Waals surface area (Å²) in [7, 11) is -2.96. The van der Waals surface area contributed by atoms with Gasteiger partial charge in [0.15, 0.2) is 0 Å². The van der Waals surface area contributed by atoms with E-state index in [9.17, 15) is 8.42 Å². The summed E-state index contributed by atoms with van der Waals surface area (Å²) in [6.45, 7) is 4.39. The average Bonchev–Trinajstić information content (AvgIpc) is 2.60. The van der Waals surface area contributed by atoms with Gasteiger partial charge in [-0.2, -0.15) is 0 Å². The van der Waals surface area contributed by atoms with Crippen LogP contribution in [0.25, 0.3) is 0 Å². The van der Waals surface area contributed by atoms with Gasteiger partial charge in [-0.15, -0.1) is 0 Å². The van der Waals surface area contributed by atoms with Crippen LogP contribution in [0.5, 0.6) is 0 Å². The van der Waals surface area contributed by atoms with Crippen LogP contribution in [0.2, 0.25) is 0 Å². The van der Waals surface area contributed by atoms with Gasteiger partial charge in [0.05, 0.1) is 5.75 Å². The molecular weight excluding hydrogens is 200 g/mol. The molecular formula is C9H18N2O2S. The molecule has 0 aromatic rings. The minimum atomic E-state index is -2.96. The SMILES string of the molecule is CCCS(=O)(=O)N1C[C@@H]2CCN[C@@H]2C1. The van der Waals surface area contributed by atoms with Gasteiger partial charge < -0.3 is 5.32 Å². The van der Waals surface area contributed by atoms with Crippen LogP contribution in [0.3, 0.4) is 0 Å². The predicted molar refractivity (Wildman–Crippen MR) is 55.5 cm³/mol. The summed E-state index contributed by atoms with van der Waals surface area (Å²) in [5.74, 6) is 0.855. The molecule has 0 radical (unpaired) electrons. The highest BCUT2D eigenvalue weighted by atomic mass is 32.2. The maximum absolute atomic E-state index is 11.8. The van der Waals surface area contributed by atoms with Crippen molar-refractivity contribution in [3.63, 3.8) is 0 Å². The third-order valence-corrected chi connectivity index (χ3v) is 5.19. The van der Waals surface area contributed by atoms with Crippen molar-refractivity contribution < 1.29 is 8.42 Å². The van der Waals surface area contributed by atoms with Crippen molar-refractivity contribution in [1.82, 2.24) is 9.62 Å². The van der Waals surface area contributed by atoms with E-state index >= 15 is 0 Å². The molecule has 2 aliphatic rings. The zero-order chi connectivity index (χ0) is 10.2. The van der Waals surface area contributed by atoms with Crippen molar-refractivity contribution in [2.75, 3.05) is 25.4 Å². The second kappa shape index (κ2) is 3.79. The first kappa shape index (κ1) is 10.4. The predicted octanol–water partition coefficient (Wildman–Crippen LogP) is 0.0199. The van der Waals surface area contributed by atoms with Crippen LogP contribution in [-0.4, -0.2) is 44.2 Å². The van der Waals surface area contributed by atoms with Gasteiger partial charge in [0.25, 0.3) is 0 Å². The fourth-order valence-corrected chi connectivity index (χ4v) is 4.00. The van der Waals surface area contributed by atoms with Gasteiger partial charge in [0.2, 0.25) is 10.0 Å². The Hall–Kier alpha value is -0.130. The zero-order valence-electron chi connectivity index (χ0n) is 8.57. The normalized spacial score (nSPS) is 33.5. The first-order chi connectivity index (χ1) is 6.63. The topological polar surface area (TPSA) is 49.4 Å². The largest absolute Gasteiger partial charge is 0.312 e. The molecule has 82 valence electrons. The summed E-state index contributed by atoms with van der Waals surface area (Å²) < 4.78 is 25.2. The number of nitrogens with one attached hydrogen (secondary N) is 1. The Morgan fingerprint density at radius 2 is 2.21 bits per heavy atom. The van der Waals surface area contributed by atoms with Gasteiger partial charge in [-0.05, 0) is 25.3 Å². The quantitative estimate of drug-likeness (QED) is 0.726. The molecule has 14 heavy (non-hydrogen) atoms. The summed E-state index contributed by atoms with van der Waals surface area (Å²) in [5, 5.41) is 3.36. The fraction of sp³-hybridized carbons (Fsp3) is 1.00. The van der Waals surface area contributed by atoms with Crippen LogP contribution in [0.1, 0.15) is 19.8 Å². The number of sulfonamides is 1. The Labute approximate surface area is 85.7 Å². The Bertz CT molecular complexity index is 290. The summed E-state index contributed by atoms with van der Waals surface area (Å²) in [4.78, 5) is 0. The van der Waals surface area contributed by atoms with Crippen LogP contribution in [0.15, 0.2) is 0 Å². The molecule has 4 nitrogen and oxygen atoms in total. The van der Waals surface area contributed by atoms with Crippen LogP contribution < -0.4 is 5.32 Å². The number of nitrogens with zero attached hydrogens (tertiary/aromatic N) is 1. The maximum Gasteiger partial charge on any atom is 0.214 e. The summed E-state index contributed by atoms with van der Waals surface area (Å²) >= 11 is 0. The van der Waals surface area contributed by atoms with Gasteiger partial charge in [0, 0.05) is 19.1 Å². The molecule has 2 rings (SSSR count). The third kappa shape index (κ3) is 1.81. The average molecular weight is 218 g/mol. The van der Waals surface area contributed by atoms with Crippen molar-refractivity contribution in [3.05, 3.63) is 0 Å². The smallest absolute Gasteiger partial charge is 0.214 e. The Balaban J connectivity index is 2.02. The highest BCUT2D eigenvalue weighted by molar-refractivity contribution is 7.89. The first-order valence-electron chi connectivity index (χ1n) is 5.34. The molecule has 1 N–H and O–H groups in total. The molecule has 0 aromatic carbocycles. The highest BCUT2D eigenvalue weighted by Crippen LogP contribution is 2.26. The molecule has 2 saturated heterocycles. The van der Waals surface area contributed by atoms with Crippen molar-refractivity contribution in [2.45, 2.75) is 25.8 Å². The first-order valence-corrected chi connectivity index (χ1v) is 6.95. The lowest BCUT2D eigenvalue weighted by atomic mass is 10.1. The summed E-state index contributed by atoms with van der Waals surface area (Å²) in [6.07, 6.45) is 1.84. The van der Waals surface area contributed by atoms with Crippen molar-refractivity contribution in [3.8, 4) is 0 Å². The van der Waals surface area contributed by atoms with Crippen molar-refractivity contribution in [2.24, 2.45) is 5.92 Å². The molecule has 2 atom stereocenters. The van der Waals surface area contributed by atoms with Crippen LogP contribution >= 0.6 is 0 Å². The fourth-order valence-electron chi connectivity index (χ4n) is 2.42. The highest BCUT2D eigenvalue weighted by Gasteiger charge is 2.40. The molecule has 2 fully saturated rings. The minimum Gasteiger partial charge on any atom is -0.312 e. The van der Waals surface area contributed by atoms with Crippen molar-refractivity contribution in [1.29, 1.82) is 0 Å². The molecule has 0 aliphatic carbocycles. The zero-order valence-corrected chi connectivity index (χ0v) is 9.39. The van der Waals surface area contributed by atoms with Gasteiger partial charge in [-0.1, -0.05) is 6.92 Å². The Kier molecular flexibility index (Phi) is 2.81. The van der Waals surface area contributed by atoms with Gasteiger partial charge >= 0.3 is 0 Å². The van der Waals surface area contributed by atoms with E-state index < -0.39 is 10.0 Å². The Morgan fingerprint density at radius 1 is 1.43 bits per heavy atom. The van der Waals surface area contributed by atoms with E-state index in [1.807, 2.05) is 6.92 Å². The molecule has 2 heterocycles. The van der Waals surface area contributed by atoms with Gasteiger partial charge in [-0.3, -0.25) is 0 Å². The number of rotatable bonds is 3. The van der Waals surface area contributed by atoms with E-state index in [4.69, 9.17) is 0 Å². The molecule has 0 unspecified atom stereocenters. The van der Waals surface area contributed by atoms with Gasteiger partial charge in [-0.25, -0.2) is 12.7 Å². The molecule has 0 bridgehead atoms. The van der Waals surface area contributed by atoms with E-state index in [1.165, 1.54) is 0 Å². The number of hydrogen-bond donors (Lipinski definition) is 1. The monoisotopic (exact) mass is 218 g/mol. The van der Waals surface area contributed by atoms with Crippen LogP contribution in [0.4, 0.5) is 0 Å². The van der Waals surface area contributed by atoms with E-state index in [-0.39, 0.29) is 0 Å². The lowest BCUT2D eigenvalue weighted by Crippen LogP contribution is -2.35. The molecule has 0 aromatic heterocycles. The van der Waals surface area contributed by atoms with Crippen molar-refractivity contribution >= 4 is 10.0 Å². The summed E-state index contributed by atoms with van der Waals surface area (Å²) in [6, 6.07) is 0.418. The number of fused-ring (bicyclic) bond motifs is 1. The summed E-state index contributed by atoms with van der Waals surface area (Å²) in [5.41, 5.74) is 0. The third-order valence-electron chi connectivity index (χ3n) is 3.18. The van der Waals surface area contributed by atoms with E-state index in [2.05, 4.69) is 5.32 Å². The van der Waals surface area contributed by atoms with Gasteiger partial charge in [0.1, 0.15) is 0 Å². The second-order valence-electron chi connectivity index (χ2n) is 4.24. The standard InChI is InChI=1S/C9H18N2O2S/c1-2-5-14(12,13)11-6-8-3-4-10-9(8)7-11/h8-10H,2-7H2,1H3/t8-,9+/m0/s1. The number of hydrogen-bond acceptors (Lipinski definition) is 3. The van der Waals surface area contributed by atoms with Crippen LogP contribution in [-0.2, 0) is 10.0 Å². The van der Waals surface area contributed by atoms with E-state index in [0.717, 1.165) is 19.5 Å². The Morgan fingerprint density at radius 3 is 2.86 bits per heavy atom. The maximum atomic E-state index is 11.8. The molecule has 2 aliphatic heterocycles. The van der Waals surface area contributed by atoms with Crippen LogP contribution in [0, 0.1) is 5.92 Å². The molecule has 5 heteroatoms. The second-order valence-corrected chi connectivity index (χ2v) is 6.33. The molecule has 0 amide bonds. The molecule has 0 saturated carbocycles. The van der Waals surface area contributed by atoms with E-state index in [0.29, 0.717) is 30.7 Å². The molecule has 0 spiro atoms. The lowest BCUT2D eigenvalue weighted by molar-refractivity contribution is 0.447.